The first-order chi connectivity index (χ1) is 17.6. The third-order valence-electron chi connectivity index (χ3n) is 6.10. The number of hydrogen-bond donors (Lipinski definition) is 4. The van der Waals surface area contributed by atoms with E-state index in [2.05, 4.69) is 11.4 Å². The largest absolute Gasteiger partial charge is 0.512 e. The van der Waals surface area contributed by atoms with Gasteiger partial charge in [0.2, 0.25) is 0 Å². The molecular formula is C26H33ClN6O4. The van der Waals surface area contributed by atoms with Gasteiger partial charge in [0.25, 0.3) is 0 Å². The minimum atomic E-state index is -0.687. The molecule has 1 aliphatic heterocycles. The van der Waals surface area contributed by atoms with Gasteiger partial charge in [-0.25, -0.2) is 9.97 Å². The Hall–Kier alpha value is -3.23. The topological polar surface area (TPSA) is 148 Å². The van der Waals surface area contributed by atoms with Crippen LogP contribution in [0.15, 0.2) is 24.0 Å². The Kier molecular flexibility index (Phi) is 9.10. The minimum absolute atomic E-state index is 0.0396. The minimum Gasteiger partial charge on any atom is -0.512 e. The highest BCUT2D eigenvalue weighted by molar-refractivity contribution is 6.33. The summed E-state index contributed by atoms with van der Waals surface area (Å²) in [6.07, 6.45) is -0.687. The van der Waals surface area contributed by atoms with Crippen molar-refractivity contribution in [1.82, 2.24) is 15.3 Å². The number of anilines is 1. The van der Waals surface area contributed by atoms with Gasteiger partial charge in [0.05, 0.1) is 29.0 Å². The summed E-state index contributed by atoms with van der Waals surface area (Å²) < 4.78 is 11.0. The zero-order valence-corrected chi connectivity index (χ0v) is 22.5. The number of nitrogens with zero attached hydrogens (tertiary/aromatic N) is 4. The number of halogens is 1. The number of benzene rings is 1. The monoisotopic (exact) mass is 528 g/mol. The lowest BCUT2D eigenvalue weighted by Crippen LogP contribution is -2.58. The second kappa shape index (κ2) is 11.9. The molecule has 0 unspecified atom stereocenters. The number of allylic oxidation sites excluding steroid dienone is 2. The van der Waals surface area contributed by atoms with Crippen LogP contribution in [0.4, 0.5) is 5.82 Å². The third kappa shape index (κ3) is 6.19. The molecule has 1 aliphatic rings. The molecule has 0 amide bonds. The van der Waals surface area contributed by atoms with E-state index < -0.39 is 11.5 Å². The highest BCUT2D eigenvalue weighted by atomic mass is 35.5. The van der Waals surface area contributed by atoms with Crippen molar-refractivity contribution < 1.29 is 19.7 Å². The Bertz CT molecular complexity index is 1230. The van der Waals surface area contributed by atoms with Crippen LogP contribution in [0.1, 0.15) is 25.1 Å². The van der Waals surface area contributed by atoms with Crippen LogP contribution in [-0.2, 0) is 4.74 Å². The molecule has 1 saturated heterocycles. The lowest BCUT2D eigenvalue weighted by Gasteiger charge is -2.46. The summed E-state index contributed by atoms with van der Waals surface area (Å²) in [7, 11) is 3.31. The van der Waals surface area contributed by atoms with Crippen LogP contribution in [0.2, 0.25) is 5.02 Å². The average Bonchev–Trinajstić information content (AvgIpc) is 2.82. The van der Waals surface area contributed by atoms with Gasteiger partial charge in [0.15, 0.2) is 5.82 Å². The van der Waals surface area contributed by atoms with Gasteiger partial charge in [0, 0.05) is 43.6 Å². The van der Waals surface area contributed by atoms with Crippen LogP contribution in [-0.4, -0.2) is 79.0 Å². The molecule has 198 valence electrons. The Balaban J connectivity index is 2.11. The van der Waals surface area contributed by atoms with E-state index in [0.29, 0.717) is 65.2 Å². The van der Waals surface area contributed by atoms with E-state index in [1.807, 2.05) is 11.8 Å². The van der Waals surface area contributed by atoms with Crippen LogP contribution >= 0.6 is 11.6 Å². The Morgan fingerprint density at radius 1 is 1.35 bits per heavy atom. The summed E-state index contributed by atoms with van der Waals surface area (Å²) in [5, 5.41) is 41.6. The molecule has 0 saturated carbocycles. The summed E-state index contributed by atoms with van der Waals surface area (Å²) in [6, 6.07) is 7.40. The summed E-state index contributed by atoms with van der Waals surface area (Å²) >= 11 is 6.56. The first kappa shape index (κ1) is 28.3. The molecule has 1 fully saturated rings. The maximum Gasteiger partial charge on any atom is 0.163 e. The molecule has 1 aromatic carbocycles. The molecule has 1 aromatic heterocycles. The summed E-state index contributed by atoms with van der Waals surface area (Å²) in [5.41, 5.74) is 1.36. The van der Waals surface area contributed by atoms with Crippen LogP contribution < -0.4 is 15.0 Å². The molecule has 0 spiro atoms. The van der Waals surface area contributed by atoms with Crippen LogP contribution in [0.5, 0.6) is 5.75 Å². The van der Waals surface area contributed by atoms with E-state index >= 15 is 0 Å². The summed E-state index contributed by atoms with van der Waals surface area (Å²) in [5.74, 6) is 1.30. The number of aliphatic hydroxyl groups excluding tert-OH is 2. The van der Waals surface area contributed by atoms with E-state index in [9.17, 15) is 15.5 Å². The van der Waals surface area contributed by atoms with Gasteiger partial charge in [-0.3, -0.25) is 0 Å². The number of ether oxygens (including phenoxy) is 2. The summed E-state index contributed by atoms with van der Waals surface area (Å²) in [4.78, 5) is 11.5. The fraction of sp³-hybridized carbons (Fsp3) is 0.462. The lowest BCUT2D eigenvalue weighted by atomic mass is 9.82. The number of rotatable bonds is 11. The van der Waals surface area contributed by atoms with Crippen molar-refractivity contribution in [3.05, 3.63) is 40.2 Å². The first-order valence-electron chi connectivity index (χ1n) is 11.8. The molecule has 37 heavy (non-hydrogen) atoms. The predicted molar refractivity (Wildman–Crippen MR) is 143 cm³/mol. The van der Waals surface area contributed by atoms with Crippen molar-refractivity contribution in [2.45, 2.75) is 26.9 Å². The quantitative estimate of drug-likeness (QED) is 0.254. The van der Waals surface area contributed by atoms with E-state index in [-0.39, 0.29) is 23.9 Å². The fourth-order valence-electron chi connectivity index (χ4n) is 4.35. The molecule has 0 aliphatic carbocycles. The number of methoxy groups -OCH3 is 1. The van der Waals surface area contributed by atoms with Crippen molar-refractivity contribution in [2.75, 3.05) is 51.9 Å². The predicted octanol–water partition coefficient (Wildman–Crippen LogP) is 3.37. The van der Waals surface area contributed by atoms with Gasteiger partial charge in [0.1, 0.15) is 35.5 Å². The molecule has 3 rings (SSSR count). The normalized spacial score (nSPS) is 15.9. The first-order valence-corrected chi connectivity index (χ1v) is 12.2. The molecule has 11 heteroatoms. The van der Waals surface area contributed by atoms with Gasteiger partial charge >= 0.3 is 0 Å². The van der Waals surface area contributed by atoms with Gasteiger partial charge in [-0.05, 0) is 46.0 Å². The molecule has 1 atom stereocenters. The van der Waals surface area contributed by atoms with Crippen molar-refractivity contribution in [3.63, 3.8) is 0 Å². The van der Waals surface area contributed by atoms with Crippen molar-refractivity contribution in [2.24, 2.45) is 5.41 Å². The van der Waals surface area contributed by atoms with E-state index in [4.69, 9.17) is 36.5 Å². The number of likely N-dealkylation sites (N-methyl/N-ethyl adjacent to an activating group) is 1. The molecule has 2 heterocycles. The van der Waals surface area contributed by atoms with Crippen LogP contribution in [0.25, 0.3) is 17.0 Å². The van der Waals surface area contributed by atoms with E-state index in [1.165, 1.54) is 6.92 Å². The number of aromatic nitrogens is 2. The van der Waals surface area contributed by atoms with Crippen molar-refractivity contribution in [3.8, 4) is 23.2 Å². The maximum absolute atomic E-state index is 10.4. The number of nitriles is 1. The van der Waals surface area contributed by atoms with Gasteiger partial charge < -0.3 is 35.3 Å². The summed E-state index contributed by atoms with van der Waals surface area (Å²) in [6.45, 7) is 6.51. The molecular weight excluding hydrogens is 496 g/mol. The zero-order chi connectivity index (χ0) is 27.3. The smallest absolute Gasteiger partial charge is 0.163 e. The van der Waals surface area contributed by atoms with Crippen molar-refractivity contribution >= 4 is 28.7 Å². The second-order valence-electron chi connectivity index (χ2n) is 9.28. The van der Waals surface area contributed by atoms with Crippen molar-refractivity contribution in [1.29, 1.82) is 10.7 Å². The Morgan fingerprint density at radius 3 is 2.62 bits per heavy atom. The average molecular weight is 529 g/mol. The standard InChI is InChI=1S/C26H33ClN6O4/c1-15-23(22(16(2)29)17(3)34)31-24(32-25(15)33-12-26(11-28,13-33)14-36-5)20-8-19(6-7-21(20)27)37-10-18(35)9-30-4/h6-8,18,29-30,34-35H,9-10,12-14H2,1-5H3/b22-17+,29-16?/t18-/m1/s1. The molecule has 4 N–H and O–H groups in total. The number of hydrogen-bond acceptors (Lipinski definition) is 10. The molecule has 10 nitrogen and oxygen atoms in total. The van der Waals surface area contributed by atoms with Gasteiger partial charge in [-0.1, -0.05) is 11.6 Å². The Labute approximate surface area is 222 Å². The van der Waals surface area contributed by atoms with E-state index in [1.54, 1.807) is 39.3 Å². The zero-order valence-electron chi connectivity index (χ0n) is 21.7. The Morgan fingerprint density at radius 2 is 2.05 bits per heavy atom. The number of aliphatic hydroxyl groups is 2. The lowest BCUT2D eigenvalue weighted by molar-refractivity contribution is 0.0953. The van der Waals surface area contributed by atoms with Crippen LogP contribution in [0.3, 0.4) is 0 Å². The van der Waals surface area contributed by atoms with E-state index in [0.717, 1.165) is 0 Å². The number of nitrogens with one attached hydrogen (secondary N) is 2. The fourth-order valence-corrected chi connectivity index (χ4v) is 4.56. The van der Waals surface area contributed by atoms with Gasteiger partial charge in [-0.15, -0.1) is 0 Å². The second-order valence-corrected chi connectivity index (χ2v) is 9.68. The highest BCUT2D eigenvalue weighted by Gasteiger charge is 2.45. The molecule has 2 aromatic rings. The van der Waals surface area contributed by atoms with Crippen LogP contribution in [0, 0.1) is 29.1 Å². The SMILES string of the molecule is CNC[C@@H](O)COc1ccc(Cl)c(-c2nc(/C(C(C)=N)=C(\C)O)c(C)c(N3CC(C#N)(COC)C3)n2)c1. The highest BCUT2D eigenvalue weighted by Crippen LogP contribution is 2.39. The maximum atomic E-state index is 10.4. The molecule has 0 bridgehead atoms. The third-order valence-corrected chi connectivity index (χ3v) is 6.43. The van der Waals surface area contributed by atoms with Gasteiger partial charge in [-0.2, -0.15) is 5.26 Å². The molecule has 0 radical (unpaired) electrons.